The molecule has 3 aromatic heterocycles. The highest BCUT2D eigenvalue weighted by molar-refractivity contribution is 5.97. The zero-order valence-corrected chi connectivity index (χ0v) is 20.6. The lowest BCUT2D eigenvalue weighted by atomic mass is 9.78. The highest BCUT2D eigenvalue weighted by Crippen LogP contribution is 2.58. The molecular weight excluding hydrogens is 394 g/mol. The predicted molar refractivity (Wildman–Crippen MR) is 130 cm³/mol. The Kier molecular flexibility index (Phi) is 3.60. The topological polar surface area (TPSA) is 39.4 Å². The number of rotatable bonds is 0. The third-order valence-electron chi connectivity index (χ3n) is 7.68. The summed E-state index contributed by atoms with van der Waals surface area (Å²) in [5.41, 5.74) is 8.82. The maximum Gasteiger partial charge on any atom is 0.147 e. The van der Waals surface area contributed by atoms with E-state index in [2.05, 4.69) is 90.1 Å². The van der Waals surface area contributed by atoms with Crippen LogP contribution in [-0.4, -0.2) is 14.4 Å². The molecule has 2 unspecified atom stereocenters. The molecule has 0 amide bonds. The van der Waals surface area contributed by atoms with E-state index in [-0.39, 0.29) is 22.0 Å². The molecule has 1 fully saturated rings. The highest BCUT2D eigenvalue weighted by atomic mass is 16.5. The van der Waals surface area contributed by atoms with Crippen molar-refractivity contribution in [2.45, 2.75) is 90.3 Å². The quantitative estimate of drug-likeness (QED) is 0.307. The van der Waals surface area contributed by atoms with Crippen LogP contribution in [0.4, 0.5) is 0 Å². The second kappa shape index (κ2) is 5.72. The fourth-order valence-corrected chi connectivity index (χ4v) is 5.82. The van der Waals surface area contributed by atoms with Crippen LogP contribution in [0.1, 0.15) is 90.7 Å². The first kappa shape index (κ1) is 20.2. The first-order chi connectivity index (χ1) is 14.8. The van der Waals surface area contributed by atoms with Crippen molar-refractivity contribution < 1.29 is 4.74 Å². The Bertz CT molecular complexity index is 1450. The minimum atomic E-state index is -0.190. The van der Waals surface area contributed by atoms with E-state index in [4.69, 9.17) is 14.7 Å². The molecule has 2 bridgehead atoms. The summed E-state index contributed by atoms with van der Waals surface area (Å²) >= 11 is 0. The van der Waals surface area contributed by atoms with Gasteiger partial charge in [0.25, 0.3) is 0 Å². The van der Waals surface area contributed by atoms with Crippen molar-refractivity contribution in [2.75, 3.05) is 0 Å². The Hall–Kier alpha value is -2.46. The Balaban J connectivity index is 1.75. The molecule has 2 aliphatic heterocycles. The van der Waals surface area contributed by atoms with Gasteiger partial charge in [-0.15, -0.1) is 0 Å². The minimum absolute atomic E-state index is 0.00726. The molecule has 166 valence electrons. The maximum atomic E-state index is 6.54. The summed E-state index contributed by atoms with van der Waals surface area (Å²) in [5.74, 6) is 0. The first-order valence-corrected chi connectivity index (χ1v) is 11.8. The van der Waals surface area contributed by atoms with Crippen molar-refractivity contribution in [1.82, 2.24) is 14.4 Å². The molecule has 1 aromatic carbocycles. The summed E-state index contributed by atoms with van der Waals surface area (Å²) in [6.07, 6.45) is 2.15. The summed E-state index contributed by atoms with van der Waals surface area (Å²) < 4.78 is 8.91. The van der Waals surface area contributed by atoms with Gasteiger partial charge in [0.05, 0.1) is 27.8 Å². The van der Waals surface area contributed by atoms with Crippen LogP contribution in [0.25, 0.3) is 27.6 Å². The first-order valence-electron chi connectivity index (χ1n) is 11.8. The molecule has 4 heteroatoms. The van der Waals surface area contributed by atoms with E-state index in [1.165, 1.54) is 22.3 Å². The van der Waals surface area contributed by atoms with Gasteiger partial charge in [-0.3, -0.25) is 9.38 Å². The molecule has 2 atom stereocenters. The summed E-state index contributed by atoms with van der Waals surface area (Å²) in [7, 11) is 0. The number of nitrogens with zero attached hydrogens (tertiary/aromatic N) is 3. The van der Waals surface area contributed by atoms with Crippen LogP contribution < -0.4 is 0 Å². The van der Waals surface area contributed by atoms with E-state index < -0.39 is 0 Å². The van der Waals surface area contributed by atoms with Crippen LogP contribution in [0.2, 0.25) is 0 Å². The number of hydrogen-bond donors (Lipinski definition) is 0. The third kappa shape index (κ3) is 2.53. The molecule has 0 N–H and O–H groups in total. The van der Waals surface area contributed by atoms with Gasteiger partial charge in [0.2, 0.25) is 0 Å². The molecule has 4 aromatic rings. The summed E-state index contributed by atoms with van der Waals surface area (Å²) in [6.45, 7) is 17.9. The summed E-state index contributed by atoms with van der Waals surface area (Å²) in [4.78, 5) is 10.3. The lowest BCUT2D eigenvalue weighted by Gasteiger charge is -2.24. The van der Waals surface area contributed by atoms with Gasteiger partial charge in [0.1, 0.15) is 5.65 Å². The number of ether oxygens (including phenoxy) is 1. The monoisotopic (exact) mass is 427 g/mol. The van der Waals surface area contributed by atoms with Crippen LogP contribution in [0.5, 0.6) is 0 Å². The Labute approximate surface area is 190 Å². The zero-order valence-electron chi connectivity index (χ0n) is 20.6. The van der Waals surface area contributed by atoms with E-state index in [1.54, 1.807) is 0 Å². The predicted octanol–water partition coefficient (Wildman–Crippen LogP) is 6.89. The SMILES string of the molecule is CC(C)(C)c1ccc2c(cc(C(C)(C)C)n3c4cc5c(cc4nc23)C2(C)CCC5(C)O2)n1. The van der Waals surface area contributed by atoms with Gasteiger partial charge in [-0.25, -0.2) is 4.98 Å². The average Bonchev–Trinajstić information content (AvgIpc) is 3.29. The van der Waals surface area contributed by atoms with Crippen molar-refractivity contribution in [3.8, 4) is 0 Å². The van der Waals surface area contributed by atoms with Gasteiger partial charge in [-0.2, -0.15) is 0 Å². The molecule has 4 nitrogen and oxygen atoms in total. The normalized spacial score (nSPS) is 25.4. The number of hydrogen-bond acceptors (Lipinski definition) is 3. The zero-order chi connectivity index (χ0) is 22.8. The highest BCUT2D eigenvalue weighted by Gasteiger charge is 2.54. The second-order valence-corrected chi connectivity index (χ2v) is 12.4. The fourth-order valence-electron chi connectivity index (χ4n) is 5.82. The number of fused-ring (bicyclic) bond motifs is 10. The van der Waals surface area contributed by atoms with Gasteiger partial charge >= 0.3 is 0 Å². The number of benzene rings is 1. The smallest absolute Gasteiger partial charge is 0.147 e. The molecule has 6 rings (SSSR count). The maximum absolute atomic E-state index is 6.54. The van der Waals surface area contributed by atoms with Crippen molar-refractivity contribution in [1.29, 1.82) is 0 Å². The molecule has 0 radical (unpaired) electrons. The van der Waals surface area contributed by atoms with Gasteiger partial charge < -0.3 is 4.74 Å². The van der Waals surface area contributed by atoms with Crippen molar-refractivity contribution >= 4 is 27.6 Å². The third-order valence-corrected chi connectivity index (χ3v) is 7.68. The second-order valence-electron chi connectivity index (χ2n) is 12.4. The van der Waals surface area contributed by atoms with Gasteiger partial charge in [0, 0.05) is 27.6 Å². The van der Waals surface area contributed by atoms with Gasteiger partial charge in [-0.05, 0) is 68.1 Å². The minimum Gasteiger partial charge on any atom is -0.360 e. The molecule has 0 saturated carbocycles. The number of aromatic nitrogens is 3. The lowest BCUT2D eigenvalue weighted by molar-refractivity contribution is -0.0661. The van der Waals surface area contributed by atoms with Crippen LogP contribution in [0, 0.1) is 0 Å². The lowest BCUT2D eigenvalue weighted by Crippen LogP contribution is -2.19. The molecule has 32 heavy (non-hydrogen) atoms. The molecule has 0 aliphatic carbocycles. The van der Waals surface area contributed by atoms with E-state index in [1.807, 2.05) is 0 Å². The average molecular weight is 428 g/mol. The Morgan fingerprint density at radius 2 is 1.47 bits per heavy atom. The largest absolute Gasteiger partial charge is 0.360 e. The summed E-state index contributed by atoms with van der Waals surface area (Å²) in [6, 6.07) is 11.3. The standard InChI is InChI=1S/C28H33N3O/c1-25(2,3)22-10-9-16-19(29-22)15-23(26(4,5)6)31-21-14-18-17(13-20(21)30-24(16)31)27(7)11-12-28(18,8)32-27/h9-10,13-15H,11-12H2,1-8H3. The molecule has 5 heterocycles. The number of imidazole rings is 1. The van der Waals surface area contributed by atoms with E-state index in [0.717, 1.165) is 40.6 Å². The Morgan fingerprint density at radius 3 is 2.09 bits per heavy atom. The molecule has 1 saturated heterocycles. The van der Waals surface area contributed by atoms with Gasteiger partial charge in [0.15, 0.2) is 0 Å². The summed E-state index contributed by atoms with van der Waals surface area (Å²) in [5, 5.41) is 1.11. The number of pyridine rings is 2. The molecule has 2 aliphatic rings. The van der Waals surface area contributed by atoms with Crippen LogP contribution in [0.15, 0.2) is 30.3 Å². The van der Waals surface area contributed by atoms with E-state index in [0.29, 0.717) is 0 Å². The van der Waals surface area contributed by atoms with E-state index in [9.17, 15) is 0 Å². The van der Waals surface area contributed by atoms with Crippen molar-refractivity contribution in [3.63, 3.8) is 0 Å². The molecular formula is C28H33N3O. The van der Waals surface area contributed by atoms with Gasteiger partial charge in [-0.1, -0.05) is 41.5 Å². The van der Waals surface area contributed by atoms with Crippen LogP contribution in [-0.2, 0) is 26.8 Å². The van der Waals surface area contributed by atoms with Crippen LogP contribution >= 0.6 is 0 Å². The Morgan fingerprint density at radius 1 is 0.812 bits per heavy atom. The van der Waals surface area contributed by atoms with E-state index >= 15 is 0 Å². The fraction of sp³-hybridized carbons (Fsp3) is 0.500. The van der Waals surface area contributed by atoms with Crippen molar-refractivity contribution in [3.05, 3.63) is 52.8 Å². The molecule has 0 spiro atoms. The van der Waals surface area contributed by atoms with Crippen LogP contribution in [0.3, 0.4) is 0 Å². The van der Waals surface area contributed by atoms with Crippen molar-refractivity contribution in [2.24, 2.45) is 0 Å².